The maximum absolute atomic E-state index is 2.39. The highest BCUT2D eigenvalue weighted by molar-refractivity contribution is 7.34. The topological polar surface area (TPSA) is 0 Å². The van der Waals surface area contributed by atoms with Crippen LogP contribution in [0.4, 0.5) is 0 Å². The van der Waals surface area contributed by atoms with E-state index < -0.39 is 0 Å². The van der Waals surface area contributed by atoms with Crippen molar-refractivity contribution in [3.63, 3.8) is 0 Å². The van der Waals surface area contributed by atoms with Gasteiger partial charge in [0.2, 0.25) is 0 Å². The van der Waals surface area contributed by atoms with Crippen LogP contribution in [0.15, 0.2) is 22.9 Å². The van der Waals surface area contributed by atoms with Crippen LogP contribution in [0.1, 0.15) is 116 Å². The van der Waals surface area contributed by atoms with Crippen LogP contribution < -0.4 is 0 Å². The molecule has 0 radical (unpaired) electrons. The predicted molar refractivity (Wildman–Crippen MR) is 180 cm³/mol. The van der Waals surface area contributed by atoms with Crippen molar-refractivity contribution >= 4 is 84.3 Å². The van der Waals surface area contributed by atoms with Gasteiger partial charge in [0.05, 0.1) is 9.40 Å². The molecule has 0 spiro atoms. The summed E-state index contributed by atoms with van der Waals surface area (Å²) in [4.78, 5) is 0. The van der Waals surface area contributed by atoms with Gasteiger partial charge in [-0.25, -0.2) is 0 Å². The SMILES string of the molecule is CCCCC(CCCC)Cc1c2sc3ccsc3c2c(CC(CCCC)CCCC)c2sc3ccsc3c12. The smallest absolute Gasteiger partial charge is 0.0532 e. The fraction of sp³-hybridized carbons (Fsp3) is 0.588. The van der Waals surface area contributed by atoms with E-state index >= 15 is 0 Å². The summed E-state index contributed by atoms with van der Waals surface area (Å²) in [6.45, 7) is 9.43. The summed E-state index contributed by atoms with van der Waals surface area (Å²) in [5, 5.41) is 7.97. The summed E-state index contributed by atoms with van der Waals surface area (Å²) >= 11 is 8.20. The third kappa shape index (κ3) is 5.90. The Balaban J connectivity index is 1.71. The largest absolute Gasteiger partial charge is 0.142 e. The first-order chi connectivity index (χ1) is 18.7. The Morgan fingerprint density at radius 3 is 1.24 bits per heavy atom. The second-order valence-corrected chi connectivity index (χ2v) is 15.4. The molecule has 0 saturated heterocycles. The molecule has 0 N–H and O–H groups in total. The van der Waals surface area contributed by atoms with Crippen molar-refractivity contribution in [2.24, 2.45) is 11.8 Å². The zero-order chi connectivity index (χ0) is 26.5. The van der Waals surface area contributed by atoms with Crippen molar-refractivity contribution < 1.29 is 0 Å². The van der Waals surface area contributed by atoms with Crippen molar-refractivity contribution in [1.29, 1.82) is 0 Å². The maximum Gasteiger partial charge on any atom is 0.0532 e. The highest BCUT2D eigenvalue weighted by atomic mass is 32.1. The first-order valence-electron chi connectivity index (χ1n) is 15.4. The zero-order valence-corrected chi connectivity index (χ0v) is 27.3. The molecule has 0 fully saturated rings. The molecule has 0 saturated carbocycles. The lowest BCUT2D eigenvalue weighted by atomic mass is 9.85. The van der Waals surface area contributed by atoms with Gasteiger partial charge in [0.15, 0.2) is 0 Å². The molecule has 5 rings (SSSR count). The van der Waals surface area contributed by atoms with Gasteiger partial charge in [-0.05, 0) is 58.7 Å². The molecule has 0 aliphatic carbocycles. The molecule has 0 unspecified atom stereocenters. The van der Waals surface area contributed by atoms with Crippen LogP contribution in [0, 0.1) is 11.8 Å². The standard InChI is InChI=1S/C34H46S4/c1-5-9-13-23(14-10-6-2)21-25-29-32(38-27-17-19-35-33(27)29)26(22-24(15-11-7-3)16-12-8-4)30-31(25)37-28-18-20-36-34(28)30/h17-20,23-24H,5-16,21-22H2,1-4H3. The van der Waals surface area contributed by atoms with E-state index in [4.69, 9.17) is 0 Å². The average Bonchev–Trinajstić information content (AvgIpc) is 3.69. The lowest BCUT2D eigenvalue weighted by molar-refractivity contribution is 0.418. The maximum atomic E-state index is 2.39. The van der Waals surface area contributed by atoms with E-state index in [2.05, 4.69) is 73.3 Å². The highest BCUT2D eigenvalue weighted by Gasteiger charge is 2.26. The quantitative estimate of drug-likeness (QED) is 0.108. The molecule has 4 heterocycles. The van der Waals surface area contributed by atoms with Gasteiger partial charge in [-0.3, -0.25) is 0 Å². The van der Waals surface area contributed by atoms with Gasteiger partial charge in [0.1, 0.15) is 0 Å². The van der Waals surface area contributed by atoms with Gasteiger partial charge in [-0.2, -0.15) is 0 Å². The van der Waals surface area contributed by atoms with Crippen molar-refractivity contribution in [2.45, 2.75) is 118 Å². The van der Waals surface area contributed by atoms with Crippen LogP contribution in [0.25, 0.3) is 39.0 Å². The Bertz CT molecular complexity index is 1310. The summed E-state index contributed by atoms with van der Waals surface area (Å²) in [6.07, 6.45) is 18.8. The van der Waals surface area contributed by atoms with E-state index in [-0.39, 0.29) is 0 Å². The van der Waals surface area contributed by atoms with Crippen LogP contribution in [0.2, 0.25) is 0 Å². The summed E-state index contributed by atoms with van der Waals surface area (Å²) in [6, 6.07) is 4.79. The second-order valence-electron chi connectivity index (χ2n) is 11.5. The number of hydrogen-bond acceptors (Lipinski definition) is 4. The molecular formula is C34H46S4. The van der Waals surface area contributed by atoms with Gasteiger partial charge in [-0.15, -0.1) is 45.3 Å². The summed E-state index contributed by atoms with van der Waals surface area (Å²) in [5.74, 6) is 1.62. The van der Waals surface area contributed by atoms with Crippen molar-refractivity contribution in [3.8, 4) is 0 Å². The Kier molecular flexibility index (Phi) is 10.2. The molecular weight excluding hydrogens is 537 g/mol. The molecule has 0 nitrogen and oxygen atoms in total. The first-order valence-corrected chi connectivity index (χ1v) is 18.8. The molecule has 0 bridgehead atoms. The highest BCUT2D eigenvalue weighted by Crippen LogP contribution is 2.51. The number of fused-ring (bicyclic) bond motifs is 6. The minimum Gasteiger partial charge on any atom is -0.142 e. The van der Waals surface area contributed by atoms with Gasteiger partial charge in [-0.1, -0.05) is 105 Å². The van der Waals surface area contributed by atoms with Crippen molar-refractivity contribution in [1.82, 2.24) is 0 Å². The van der Waals surface area contributed by atoms with Crippen LogP contribution in [0.3, 0.4) is 0 Å². The molecule has 0 aliphatic rings. The zero-order valence-electron chi connectivity index (χ0n) is 24.0. The normalized spacial score (nSPS) is 12.6. The third-order valence-electron chi connectivity index (χ3n) is 8.59. The van der Waals surface area contributed by atoms with E-state index in [1.54, 1.807) is 40.7 Å². The number of rotatable bonds is 16. The molecule has 1 aromatic carbocycles. The molecule has 206 valence electrons. The van der Waals surface area contributed by atoms with Gasteiger partial charge < -0.3 is 0 Å². The van der Waals surface area contributed by atoms with Crippen LogP contribution in [-0.4, -0.2) is 0 Å². The number of hydrogen-bond donors (Lipinski definition) is 0. The number of unbranched alkanes of at least 4 members (excludes halogenated alkanes) is 4. The molecule has 0 atom stereocenters. The minimum absolute atomic E-state index is 0.809. The molecule has 0 amide bonds. The summed E-state index contributed by atoms with van der Waals surface area (Å²) in [7, 11) is 0. The second kappa shape index (κ2) is 13.6. The Morgan fingerprint density at radius 2 is 0.895 bits per heavy atom. The van der Waals surface area contributed by atoms with Gasteiger partial charge >= 0.3 is 0 Å². The van der Waals surface area contributed by atoms with Gasteiger partial charge in [0, 0.05) is 29.6 Å². The first kappa shape index (κ1) is 28.6. The predicted octanol–water partition coefficient (Wildman–Crippen LogP) is 13.6. The third-order valence-corrected chi connectivity index (χ3v) is 13.1. The van der Waals surface area contributed by atoms with Crippen LogP contribution >= 0.6 is 45.3 Å². The molecule has 4 aromatic heterocycles. The summed E-state index contributed by atoms with van der Waals surface area (Å²) < 4.78 is 9.47. The summed E-state index contributed by atoms with van der Waals surface area (Å²) in [5.41, 5.74) is 3.41. The van der Waals surface area contributed by atoms with Crippen LogP contribution in [-0.2, 0) is 12.8 Å². The van der Waals surface area contributed by atoms with E-state index in [1.165, 1.54) is 99.3 Å². The lowest BCUT2D eigenvalue weighted by Gasteiger charge is -2.21. The fourth-order valence-corrected chi connectivity index (χ4v) is 11.4. The Morgan fingerprint density at radius 1 is 0.526 bits per heavy atom. The fourth-order valence-electron chi connectivity index (χ4n) is 6.48. The minimum atomic E-state index is 0.809. The lowest BCUT2D eigenvalue weighted by Crippen LogP contribution is -2.08. The molecule has 5 aromatic rings. The molecule has 4 heteroatoms. The van der Waals surface area contributed by atoms with E-state index in [9.17, 15) is 0 Å². The van der Waals surface area contributed by atoms with Crippen molar-refractivity contribution in [2.75, 3.05) is 0 Å². The number of benzene rings is 1. The van der Waals surface area contributed by atoms with E-state index in [0.717, 1.165) is 11.8 Å². The van der Waals surface area contributed by atoms with E-state index in [1.807, 2.05) is 22.7 Å². The molecule has 38 heavy (non-hydrogen) atoms. The number of thiophene rings is 4. The Hall–Kier alpha value is -0.940. The monoisotopic (exact) mass is 582 g/mol. The Labute approximate surface area is 246 Å². The average molecular weight is 583 g/mol. The van der Waals surface area contributed by atoms with E-state index in [0.29, 0.717) is 0 Å². The van der Waals surface area contributed by atoms with Crippen molar-refractivity contribution in [3.05, 3.63) is 34.0 Å². The molecule has 0 aliphatic heterocycles. The van der Waals surface area contributed by atoms with Gasteiger partial charge in [0.25, 0.3) is 0 Å². The van der Waals surface area contributed by atoms with Crippen LogP contribution in [0.5, 0.6) is 0 Å².